The summed E-state index contributed by atoms with van der Waals surface area (Å²) in [6, 6.07) is 21.2. The number of hydrogen-bond donors (Lipinski definition) is 1. The van der Waals surface area contributed by atoms with Gasteiger partial charge in [-0.1, -0.05) is 64.8 Å². The van der Waals surface area contributed by atoms with Crippen LogP contribution in [0.15, 0.2) is 71.8 Å². The Bertz CT molecular complexity index is 2000. The van der Waals surface area contributed by atoms with E-state index in [9.17, 15) is 29.7 Å². The van der Waals surface area contributed by atoms with Crippen LogP contribution in [0.25, 0.3) is 11.1 Å². The second-order valence-corrected chi connectivity index (χ2v) is 12.1. The second-order valence-electron chi connectivity index (χ2n) is 10.1. The van der Waals surface area contributed by atoms with E-state index in [4.69, 9.17) is 33.7 Å². The summed E-state index contributed by atoms with van der Waals surface area (Å²) in [5, 5.41) is 19.5. The number of rotatable bonds is 8. The Morgan fingerprint density at radius 1 is 1.02 bits per heavy atom. The van der Waals surface area contributed by atoms with Crippen LogP contribution in [0, 0.1) is 29.6 Å². The first-order valence-electron chi connectivity index (χ1n) is 13.5. The summed E-state index contributed by atoms with van der Waals surface area (Å²) in [4.78, 5) is 56.7. The van der Waals surface area contributed by atoms with Crippen LogP contribution in [0.3, 0.4) is 0 Å². The van der Waals surface area contributed by atoms with Gasteiger partial charge in [0.2, 0.25) is 17.6 Å². The first-order chi connectivity index (χ1) is 22.0. The van der Waals surface area contributed by atoms with E-state index in [0.717, 1.165) is 22.2 Å². The van der Waals surface area contributed by atoms with Gasteiger partial charge in [-0.05, 0) is 55.0 Å². The fourth-order valence-corrected chi connectivity index (χ4v) is 6.38. The number of Topliss-reactive ketones (excluding diaryl/α,β-unsaturated/α-hetero) is 1. The molecule has 46 heavy (non-hydrogen) atoms. The van der Waals surface area contributed by atoms with E-state index >= 15 is 0 Å². The van der Waals surface area contributed by atoms with Crippen LogP contribution in [0.1, 0.15) is 43.8 Å². The van der Waals surface area contributed by atoms with Crippen molar-refractivity contribution in [2.45, 2.75) is 23.6 Å². The molecule has 0 spiro atoms. The second kappa shape index (κ2) is 13.4. The zero-order valence-corrected chi connectivity index (χ0v) is 26.2. The fourth-order valence-electron chi connectivity index (χ4n) is 4.75. The highest BCUT2D eigenvalue weighted by Crippen LogP contribution is 2.40. The number of carbonyl (C=O) groups is 4. The number of ether oxygens (including phenoxy) is 1. The summed E-state index contributed by atoms with van der Waals surface area (Å²) in [6.45, 7) is 1.34. The third-order valence-corrected chi connectivity index (χ3v) is 8.76. The number of carbonyl (C=O) groups excluding carboxylic acids is 4. The maximum absolute atomic E-state index is 13.4. The summed E-state index contributed by atoms with van der Waals surface area (Å²) in [7, 11) is 0. The largest absolute Gasteiger partial charge is 0.454 e. The van der Waals surface area contributed by atoms with Crippen molar-refractivity contribution in [1.82, 2.24) is 4.98 Å². The number of aromatic nitrogens is 1. The molecule has 0 bridgehead atoms. The Kier molecular flexibility index (Phi) is 9.40. The number of imide groups is 1. The number of thioether (sulfide) groups is 1. The Balaban J connectivity index is 1.32. The molecule has 13 heteroatoms. The van der Waals surface area contributed by atoms with E-state index in [1.165, 1.54) is 42.5 Å². The third-order valence-electron chi connectivity index (χ3n) is 7.04. The molecule has 10 nitrogen and oxygen atoms in total. The van der Waals surface area contributed by atoms with Gasteiger partial charge in [-0.25, -0.2) is 14.7 Å². The van der Waals surface area contributed by atoms with Gasteiger partial charge in [0.15, 0.2) is 6.61 Å². The van der Waals surface area contributed by atoms with Crippen molar-refractivity contribution in [3.8, 4) is 23.3 Å². The standard InChI is InChI=1S/C33H21Cl2N5O5S/c1-17-2-4-18(5-3-17)29-23(14-36)30(38)39-31(24(29)15-37)46-27-13-28(42)40(32(27)43)21-9-6-19(7-10-21)33(44)45-16-26(41)22-11-8-20(34)12-25(22)35/h2-12,27H,13,16H2,1H3,(H2,38,39). The molecule has 5 rings (SSSR count). The molecule has 0 saturated carbocycles. The van der Waals surface area contributed by atoms with Crippen molar-refractivity contribution >= 4 is 70.0 Å². The number of hydrogen-bond acceptors (Lipinski definition) is 10. The molecule has 1 saturated heterocycles. The van der Waals surface area contributed by atoms with Crippen LogP contribution in [-0.4, -0.2) is 40.4 Å². The zero-order chi connectivity index (χ0) is 33.1. The molecule has 2 heterocycles. The molecule has 1 aromatic heterocycles. The molecule has 3 aromatic carbocycles. The molecule has 1 unspecified atom stereocenters. The van der Waals surface area contributed by atoms with Crippen LogP contribution >= 0.6 is 35.0 Å². The summed E-state index contributed by atoms with van der Waals surface area (Å²) in [5.41, 5.74) is 8.53. The molecule has 2 amide bonds. The minimum atomic E-state index is -0.930. The van der Waals surface area contributed by atoms with Gasteiger partial charge < -0.3 is 10.5 Å². The zero-order valence-electron chi connectivity index (χ0n) is 23.9. The molecule has 1 aliphatic heterocycles. The van der Waals surface area contributed by atoms with E-state index in [1.54, 1.807) is 12.1 Å². The van der Waals surface area contributed by atoms with Crippen LogP contribution in [0.4, 0.5) is 11.5 Å². The van der Waals surface area contributed by atoms with E-state index in [1.807, 2.05) is 25.1 Å². The van der Waals surface area contributed by atoms with Crippen LogP contribution in [-0.2, 0) is 14.3 Å². The molecular formula is C33H21Cl2N5O5S. The molecule has 1 fully saturated rings. The van der Waals surface area contributed by atoms with Gasteiger partial charge in [0, 0.05) is 22.6 Å². The molecule has 2 N–H and O–H groups in total. The third kappa shape index (κ3) is 6.44. The number of aryl methyl sites for hydroxylation is 1. The molecular weight excluding hydrogens is 649 g/mol. The molecule has 1 aliphatic rings. The van der Waals surface area contributed by atoms with Gasteiger partial charge in [-0.3, -0.25) is 14.4 Å². The number of nitrogens with zero attached hydrogens (tertiary/aromatic N) is 4. The normalized spacial score (nSPS) is 14.1. The SMILES string of the molecule is Cc1ccc(-c2c(C#N)c(N)nc(SC3CC(=O)N(c4ccc(C(=O)OCC(=O)c5ccc(Cl)cc5Cl)cc4)C3=O)c2C#N)cc1. The smallest absolute Gasteiger partial charge is 0.338 e. The Morgan fingerprint density at radius 3 is 2.33 bits per heavy atom. The van der Waals surface area contributed by atoms with Crippen molar-refractivity contribution in [2.75, 3.05) is 17.2 Å². The first-order valence-corrected chi connectivity index (χ1v) is 15.2. The number of pyridine rings is 1. The lowest BCUT2D eigenvalue weighted by atomic mass is 9.96. The highest BCUT2D eigenvalue weighted by Gasteiger charge is 2.41. The van der Waals surface area contributed by atoms with Gasteiger partial charge in [-0.2, -0.15) is 10.5 Å². The molecule has 0 radical (unpaired) electrons. The number of nitriles is 2. The van der Waals surface area contributed by atoms with E-state index in [0.29, 0.717) is 16.1 Å². The van der Waals surface area contributed by atoms with Gasteiger partial charge in [-0.15, -0.1) is 0 Å². The van der Waals surface area contributed by atoms with E-state index in [-0.39, 0.29) is 50.2 Å². The minimum Gasteiger partial charge on any atom is -0.454 e. The van der Waals surface area contributed by atoms with Crippen LogP contribution in [0.2, 0.25) is 10.0 Å². The predicted molar refractivity (Wildman–Crippen MR) is 173 cm³/mol. The van der Waals surface area contributed by atoms with Gasteiger partial charge >= 0.3 is 5.97 Å². The number of nitrogen functional groups attached to an aromatic ring is 1. The lowest BCUT2D eigenvalue weighted by molar-refractivity contribution is -0.121. The van der Waals surface area contributed by atoms with Gasteiger partial charge in [0.25, 0.3) is 0 Å². The molecule has 0 aliphatic carbocycles. The van der Waals surface area contributed by atoms with E-state index < -0.39 is 35.4 Å². The molecule has 4 aromatic rings. The van der Waals surface area contributed by atoms with Crippen LogP contribution in [0.5, 0.6) is 0 Å². The van der Waals surface area contributed by atoms with Gasteiger partial charge in [0.05, 0.1) is 27.1 Å². The van der Waals surface area contributed by atoms with Gasteiger partial charge in [0.1, 0.15) is 28.5 Å². The quantitative estimate of drug-likeness (QED) is 0.130. The number of ketones is 1. The molecule has 1 atom stereocenters. The number of nitrogens with two attached hydrogens (primary N) is 1. The maximum atomic E-state index is 13.4. The highest BCUT2D eigenvalue weighted by atomic mass is 35.5. The lowest BCUT2D eigenvalue weighted by Gasteiger charge is -2.16. The van der Waals surface area contributed by atoms with Crippen molar-refractivity contribution in [1.29, 1.82) is 10.5 Å². The summed E-state index contributed by atoms with van der Waals surface area (Å²) >= 11 is 12.8. The number of anilines is 2. The fraction of sp³-hybridized carbons (Fsp3) is 0.121. The number of esters is 1. The van der Waals surface area contributed by atoms with Crippen LogP contribution < -0.4 is 10.6 Å². The van der Waals surface area contributed by atoms with Crippen molar-refractivity contribution in [3.05, 3.63) is 105 Å². The summed E-state index contributed by atoms with van der Waals surface area (Å²) < 4.78 is 5.12. The van der Waals surface area contributed by atoms with Crippen molar-refractivity contribution < 1.29 is 23.9 Å². The summed E-state index contributed by atoms with van der Waals surface area (Å²) in [5.74, 6) is -2.47. The Hall–Kier alpha value is -5.20. The number of halogens is 2. The monoisotopic (exact) mass is 669 g/mol. The molecule has 228 valence electrons. The average molecular weight is 671 g/mol. The highest BCUT2D eigenvalue weighted by molar-refractivity contribution is 8.00. The maximum Gasteiger partial charge on any atom is 0.338 e. The Morgan fingerprint density at radius 2 is 1.70 bits per heavy atom. The van der Waals surface area contributed by atoms with Crippen molar-refractivity contribution in [3.63, 3.8) is 0 Å². The average Bonchev–Trinajstić information content (AvgIpc) is 3.31. The predicted octanol–water partition coefficient (Wildman–Crippen LogP) is 6.15. The topological polar surface area (TPSA) is 167 Å². The van der Waals surface area contributed by atoms with E-state index in [2.05, 4.69) is 11.1 Å². The first kappa shape index (κ1) is 32.2. The lowest BCUT2D eigenvalue weighted by Crippen LogP contribution is -2.31. The minimum absolute atomic E-state index is 0.0389. The Labute approximate surface area is 277 Å². The summed E-state index contributed by atoms with van der Waals surface area (Å²) in [6.07, 6.45) is -0.186. The number of benzene rings is 3. The van der Waals surface area contributed by atoms with Crippen molar-refractivity contribution in [2.24, 2.45) is 0 Å². The number of amides is 2.